The zero-order chi connectivity index (χ0) is 12.3. The molecule has 96 valence electrons. The van der Waals surface area contributed by atoms with E-state index in [1.165, 1.54) is 0 Å². The first-order valence-corrected chi connectivity index (χ1v) is 6.36. The first-order valence-electron chi connectivity index (χ1n) is 6.36. The molecular formula is C12H20N2O3. The number of carbonyl (C=O) groups is 2. The topological polar surface area (TPSA) is 78.4 Å². The van der Waals surface area contributed by atoms with Crippen LogP contribution in [-0.4, -0.2) is 36.6 Å². The van der Waals surface area contributed by atoms with Crippen molar-refractivity contribution in [1.82, 2.24) is 10.6 Å². The monoisotopic (exact) mass is 240 g/mol. The summed E-state index contributed by atoms with van der Waals surface area (Å²) in [5.74, 6) is -0.746. The van der Waals surface area contributed by atoms with E-state index < -0.39 is 11.4 Å². The molecule has 5 nitrogen and oxygen atoms in total. The highest BCUT2D eigenvalue weighted by molar-refractivity contribution is 5.81. The molecule has 1 saturated carbocycles. The Morgan fingerprint density at radius 1 is 1.35 bits per heavy atom. The molecule has 1 atom stereocenters. The highest BCUT2D eigenvalue weighted by atomic mass is 16.4. The maximum absolute atomic E-state index is 11.8. The van der Waals surface area contributed by atoms with E-state index in [2.05, 4.69) is 10.6 Å². The molecule has 1 unspecified atom stereocenters. The smallest absolute Gasteiger partial charge is 0.311 e. The van der Waals surface area contributed by atoms with E-state index in [1.54, 1.807) is 0 Å². The predicted molar refractivity (Wildman–Crippen MR) is 62.5 cm³/mol. The van der Waals surface area contributed by atoms with Crippen LogP contribution in [0.4, 0.5) is 0 Å². The van der Waals surface area contributed by atoms with Gasteiger partial charge in [-0.1, -0.05) is 12.8 Å². The fourth-order valence-corrected chi connectivity index (χ4v) is 2.80. The fraction of sp³-hybridized carbons (Fsp3) is 0.833. The summed E-state index contributed by atoms with van der Waals surface area (Å²) in [5, 5.41) is 15.2. The number of carboxylic acids is 1. The maximum atomic E-state index is 11.8. The van der Waals surface area contributed by atoms with Gasteiger partial charge in [-0.05, 0) is 25.8 Å². The van der Waals surface area contributed by atoms with Crippen LogP contribution >= 0.6 is 0 Å². The summed E-state index contributed by atoms with van der Waals surface area (Å²) >= 11 is 0. The second-order valence-electron chi connectivity index (χ2n) is 5.20. The zero-order valence-electron chi connectivity index (χ0n) is 10.00. The number of rotatable bonds is 4. The maximum Gasteiger partial charge on any atom is 0.311 e. The molecule has 2 rings (SSSR count). The average Bonchev–Trinajstić information content (AvgIpc) is 2.97. The molecule has 1 saturated heterocycles. The molecule has 0 spiro atoms. The Kier molecular flexibility index (Phi) is 3.66. The van der Waals surface area contributed by atoms with Crippen molar-refractivity contribution in [3.05, 3.63) is 0 Å². The van der Waals surface area contributed by atoms with Gasteiger partial charge in [0.05, 0.1) is 11.3 Å². The largest absolute Gasteiger partial charge is 0.481 e. The van der Waals surface area contributed by atoms with Gasteiger partial charge in [0.15, 0.2) is 0 Å². The van der Waals surface area contributed by atoms with Gasteiger partial charge in [0.1, 0.15) is 0 Å². The minimum absolute atomic E-state index is 0.00234. The molecule has 1 aliphatic carbocycles. The SMILES string of the molecule is O=C(NCC1(C(=O)O)CCCC1)C1CCNC1. The number of carbonyl (C=O) groups excluding carboxylic acids is 1. The Labute approximate surface area is 101 Å². The highest BCUT2D eigenvalue weighted by Gasteiger charge is 2.41. The summed E-state index contributed by atoms with van der Waals surface area (Å²) < 4.78 is 0. The lowest BCUT2D eigenvalue weighted by Crippen LogP contribution is -2.43. The fourth-order valence-electron chi connectivity index (χ4n) is 2.80. The minimum Gasteiger partial charge on any atom is -0.481 e. The Balaban J connectivity index is 1.87. The molecule has 3 N–H and O–H groups in total. The molecule has 2 aliphatic rings. The Hall–Kier alpha value is -1.10. The summed E-state index contributed by atoms with van der Waals surface area (Å²) in [7, 11) is 0. The van der Waals surface area contributed by atoms with E-state index in [0.717, 1.165) is 25.8 Å². The lowest BCUT2D eigenvalue weighted by Gasteiger charge is -2.24. The molecule has 1 heterocycles. The number of aliphatic carboxylic acids is 1. The van der Waals surface area contributed by atoms with Gasteiger partial charge in [-0.25, -0.2) is 0 Å². The van der Waals surface area contributed by atoms with Crippen LogP contribution in [0.5, 0.6) is 0 Å². The minimum atomic E-state index is -0.764. The molecular weight excluding hydrogens is 220 g/mol. The van der Waals surface area contributed by atoms with Gasteiger partial charge in [0.2, 0.25) is 5.91 Å². The molecule has 0 aromatic heterocycles. The van der Waals surface area contributed by atoms with E-state index in [-0.39, 0.29) is 18.4 Å². The van der Waals surface area contributed by atoms with Crippen LogP contribution in [-0.2, 0) is 9.59 Å². The molecule has 0 aromatic rings. The average molecular weight is 240 g/mol. The second-order valence-corrected chi connectivity index (χ2v) is 5.20. The van der Waals surface area contributed by atoms with Crippen LogP contribution in [0.3, 0.4) is 0 Å². The van der Waals surface area contributed by atoms with Crippen LogP contribution in [0.2, 0.25) is 0 Å². The van der Waals surface area contributed by atoms with Crippen molar-refractivity contribution in [1.29, 1.82) is 0 Å². The van der Waals surface area contributed by atoms with Gasteiger partial charge in [-0.2, -0.15) is 0 Å². The van der Waals surface area contributed by atoms with E-state index >= 15 is 0 Å². The van der Waals surface area contributed by atoms with Gasteiger partial charge < -0.3 is 15.7 Å². The van der Waals surface area contributed by atoms with Crippen molar-refractivity contribution in [2.75, 3.05) is 19.6 Å². The molecule has 2 fully saturated rings. The van der Waals surface area contributed by atoms with Crippen molar-refractivity contribution in [3.8, 4) is 0 Å². The van der Waals surface area contributed by atoms with Crippen molar-refractivity contribution >= 4 is 11.9 Å². The first kappa shape index (κ1) is 12.4. The van der Waals surface area contributed by atoms with E-state index in [1.807, 2.05) is 0 Å². The van der Waals surface area contributed by atoms with Gasteiger partial charge in [0.25, 0.3) is 0 Å². The molecule has 1 aliphatic heterocycles. The van der Waals surface area contributed by atoms with Crippen molar-refractivity contribution in [2.24, 2.45) is 11.3 Å². The Bertz CT molecular complexity index is 305. The standard InChI is InChI=1S/C12H20N2O3/c15-10(9-3-6-13-7-9)14-8-12(11(16)17)4-1-2-5-12/h9,13H,1-8H2,(H,14,15)(H,16,17). The van der Waals surface area contributed by atoms with E-state index in [9.17, 15) is 14.7 Å². The molecule has 17 heavy (non-hydrogen) atoms. The van der Waals surface area contributed by atoms with E-state index in [0.29, 0.717) is 19.4 Å². The third kappa shape index (κ3) is 2.60. The number of amides is 1. The van der Waals surface area contributed by atoms with Gasteiger partial charge in [-0.15, -0.1) is 0 Å². The number of hydrogen-bond donors (Lipinski definition) is 3. The Morgan fingerprint density at radius 2 is 2.06 bits per heavy atom. The zero-order valence-corrected chi connectivity index (χ0v) is 10.00. The Morgan fingerprint density at radius 3 is 2.59 bits per heavy atom. The summed E-state index contributed by atoms with van der Waals surface area (Å²) in [6, 6.07) is 0. The van der Waals surface area contributed by atoms with Gasteiger partial charge in [-0.3, -0.25) is 9.59 Å². The van der Waals surface area contributed by atoms with Crippen LogP contribution in [0.1, 0.15) is 32.1 Å². The quantitative estimate of drug-likeness (QED) is 0.663. The predicted octanol–water partition coefficient (Wildman–Crippen LogP) is 0.357. The van der Waals surface area contributed by atoms with Gasteiger partial charge in [0, 0.05) is 13.1 Å². The van der Waals surface area contributed by atoms with Crippen molar-refractivity contribution in [2.45, 2.75) is 32.1 Å². The van der Waals surface area contributed by atoms with Crippen molar-refractivity contribution < 1.29 is 14.7 Å². The third-order valence-corrected chi connectivity index (χ3v) is 4.05. The molecule has 1 amide bonds. The number of carboxylic acid groups (broad SMARTS) is 1. The van der Waals surface area contributed by atoms with Crippen molar-refractivity contribution in [3.63, 3.8) is 0 Å². The number of hydrogen-bond acceptors (Lipinski definition) is 3. The molecule has 0 aromatic carbocycles. The van der Waals surface area contributed by atoms with Gasteiger partial charge >= 0.3 is 5.97 Å². The molecule has 5 heteroatoms. The second kappa shape index (κ2) is 5.04. The normalized spacial score (nSPS) is 26.9. The summed E-state index contributed by atoms with van der Waals surface area (Å²) in [4.78, 5) is 23.1. The lowest BCUT2D eigenvalue weighted by molar-refractivity contribution is -0.148. The number of nitrogens with one attached hydrogen (secondary N) is 2. The lowest BCUT2D eigenvalue weighted by atomic mass is 9.86. The molecule has 0 radical (unpaired) electrons. The molecule has 0 bridgehead atoms. The summed E-state index contributed by atoms with van der Waals surface area (Å²) in [6.45, 7) is 1.88. The highest BCUT2D eigenvalue weighted by Crippen LogP contribution is 2.37. The van der Waals surface area contributed by atoms with E-state index in [4.69, 9.17) is 0 Å². The van der Waals surface area contributed by atoms with Crippen LogP contribution < -0.4 is 10.6 Å². The third-order valence-electron chi connectivity index (χ3n) is 4.05. The summed E-state index contributed by atoms with van der Waals surface area (Å²) in [5.41, 5.74) is -0.707. The van der Waals surface area contributed by atoms with Crippen LogP contribution in [0.15, 0.2) is 0 Å². The first-order chi connectivity index (χ1) is 8.14. The summed E-state index contributed by atoms with van der Waals surface area (Å²) in [6.07, 6.45) is 4.13. The van der Waals surface area contributed by atoms with Crippen LogP contribution in [0.25, 0.3) is 0 Å². The van der Waals surface area contributed by atoms with Crippen LogP contribution in [0, 0.1) is 11.3 Å².